The topological polar surface area (TPSA) is 93.0 Å². The zero-order valence-electron chi connectivity index (χ0n) is 11.6. The Hall–Kier alpha value is -1.57. The molecule has 0 saturated heterocycles. The molecule has 2 atom stereocenters. The highest BCUT2D eigenvalue weighted by Crippen LogP contribution is 2.33. The lowest BCUT2D eigenvalue weighted by molar-refractivity contribution is -0.384. The van der Waals surface area contributed by atoms with E-state index >= 15 is 0 Å². The second-order valence-electron chi connectivity index (χ2n) is 4.67. The summed E-state index contributed by atoms with van der Waals surface area (Å²) in [6.07, 6.45) is 4.44. The van der Waals surface area contributed by atoms with Gasteiger partial charge in [0.1, 0.15) is 6.20 Å². The van der Waals surface area contributed by atoms with Gasteiger partial charge in [-0.05, 0) is 25.0 Å². The summed E-state index contributed by atoms with van der Waals surface area (Å²) < 4.78 is 0. The number of nitrogens with one attached hydrogen (secondary N) is 2. The van der Waals surface area contributed by atoms with Gasteiger partial charge in [-0.25, -0.2) is 4.98 Å². The Morgan fingerprint density at radius 2 is 2.35 bits per heavy atom. The summed E-state index contributed by atoms with van der Waals surface area (Å²) in [5.41, 5.74) is -0.0735. The van der Waals surface area contributed by atoms with E-state index in [4.69, 9.17) is 0 Å². The van der Waals surface area contributed by atoms with Crippen LogP contribution in [0.1, 0.15) is 26.2 Å². The Bertz CT molecular complexity index is 485. The first-order chi connectivity index (χ1) is 9.63. The maximum Gasteiger partial charge on any atom is 0.329 e. The van der Waals surface area contributed by atoms with Crippen molar-refractivity contribution >= 4 is 29.2 Å². The van der Waals surface area contributed by atoms with Gasteiger partial charge in [-0.3, -0.25) is 10.1 Å². The molecule has 0 aliphatic heterocycles. The molecule has 2 unspecified atom stereocenters. The van der Waals surface area contributed by atoms with Gasteiger partial charge < -0.3 is 10.6 Å². The van der Waals surface area contributed by atoms with Gasteiger partial charge in [-0.15, -0.1) is 0 Å². The van der Waals surface area contributed by atoms with Crippen molar-refractivity contribution in [3.05, 3.63) is 16.3 Å². The van der Waals surface area contributed by atoms with Crippen molar-refractivity contribution in [1.29, 1.82) is 0 Å². The molecule has 1 aromatic heterocycles. The highest BCUT2D eigenvalue weighted by atomic mass is 32.2. The third-order valence-electron chi connectivity index (χ3n) is 3.32. The van der Waals surface area contributed by atoms with Crippen LogP contribution >= 0.6 is 11.8 Å². The molecular formula is C12H19N5O2S. The van der Waals surface area contributed by atoms with Crippen LogP contribution in [0.25, 0.3) is 0 Å². The first-order valence-corrected chi connectivity index (χ1v) is 7.76. The second kappa shape index (κ2) is 6.74. The smallest absolute Gasteiger partial charge is 0.329 e. The van der Waals surface area contributed by atoms with E-state index in [0.717, 1.165) is 25.0 Å². The van der Waals surface area contributed by atoms with Gasteiger partial charge in [0, 0.05) is 18.3 Å². The van der Waals surface area contributed by atoms with Crippen molar-refractivity contribution in [1.82, 2.24) is 9.97 Å². The standard InChI is InChI=1S/C12H19N5O2S/c1-3-20-9-5-4-8(6-9)15-11-10(17(18)19)7-14-12(13-2)16-11/h7-9H,3-6H2,1-2H3,(H2,13,14,15,16). The molecule has 0 bridgehead atoms. The monoisotopic (exact) mass is 297 g/mol. The van der Waals surface area contributed by atoms with E-state index in [2.05, 4.69) is 27.5 Å². The molecule has 2 N–H and O–H groups in total. The third-order valence-corrected chi connectivity index (χ3v) is 4.55. The molecule has 8 heteroatoms. The van der Waals surface area contributed by atoms with Gasteiger partial charge >= 0.3 is 5.69 Å². The Morgan fingerprint density at radius 1 is 1.55 bits per heavy atom. The number of hydrogen-bond acceptors (Lipinski definition) is 7. The van der Waals surface area contributed by atoms with Crippen molar-refractivity contribution in [3.8, 4) is 0 Å². The fourth-order valence-electron chi connectivity index (χ4n) is 2.39. The Kier molecular flexibility index (Phi) is 4.99. The summed E-state index contributed by atoms with van der Waals surface area (Å²) in [5, 5.41) is 17.7. The normalized spacial score (nSPS) is 21.7. The van der Waals surface area contributed by atoms with Crippen LogP contribution in [-0.4, -0.2) is 39.0 Å². The second-order valence-corrected chi connectivity index (χ2v) is 6.24. The van der Waals surface area contributed by atoms with Crippen LogP contribution < -0.4 is 10.6 Å². The molecule has 0 amide bonds. The first-order valence-electron chi connectivity index (χ1n) is 6.71. The van der Waals surface area contributed by atoms with E-state index in [1.807, 2.05) is 11.8 Å². The fraction of sp³-hybridized carbons (Fsp3) is 0.667. The Morgan fingerprint density at radius 3 is 3.00 bits per heavy atom. The van der Waals surface area contributed by atoms with Gasteiger partial charge in [0.05, 0.1) is 4.92 Å². The highest BCUT2D eigenvalue weighted by molar-refractivity contribution is 7.99. The number of nitro groups is 1. The van der Waals surface area contributed by atoms with E-state index in [1.54, 1.807) is 7.05 Å². The minimum absolute atomic E-state index is 0.0735. The molecule has 1 aliphatic carbocycles. The Labute approximate surface area is 122 Å². The van der Waals surface area contributed by atoms with Crippen LogP contribution in [0.2, 0.25) is 0 Å². The van der Waals surface area contributed by atoms with Crippen molar-refractivity contribution in [2.45, 2.75) is 37.5 Å². The molecule has 0 radical (unpaired) electrons. The lowest BCUT2D eigenvalue weighted by atomic mass is 10.2. The summed E-state index contributed by atoms with van der Waals surface area (Å²) in [5.74, 6) is 1.80. The molecule has 1 fully saturated rings. The van der Waals surface area contributed by atoms with Crippen LogP contribution in [0.5, 0.6) is 0 Å². The van der Waals surface area contributed by atoms with Crippen molar-refractivity contribution in [2.24, 2.45) is 0 Å². The molecule has 110 valence electrons. The molecule has 1 aromatic rings. The molecular weight excluding hydrogens is 278 g/mol. The van der Waals surface area contributed by atoms with Crippen LogP contribution in [0.4, 0.5) is 17.5 Å². The van der Waals surface area contributed by atoms with Crippen LogP contribution in [0.3, 0.4) is 0 Å². The van der Waals surface area contributed by atoms with E-state index in [1.165, 1.54) is 6.20 Å². The number of aromatic nitrogens is 2. The van der Waals surface area contributed by atoms with Crippen molar-refractivity contribution in [3.63, 3.8) is 0 Å². The number of nitrogens with zero attached hydrogens (tertiary/aromatic N) is 3. The van der Waals surface area contributed by atoms with E-state index in [-0.39, 0.29) is 11.7 Å². The average molecular weight is 297 g/mol. The van der Waals surface area contributed by atoms with Crippen LogP contribution in [0.15, 0.2) is 6.20 Å². The largest absolute Gasteiger partial charge is 0.361 e. The van der Waals surface area contributed by atoms with Gasteiger partial charge in [0.15, 0.2) is 0 Å². The summed E-state index contributed by atoms with van der Waals surface area (Å²) in [4.78, 5) is 18.6. The fourth-order valence-corrected chi connectivity index (χ4v) is 3.53. The molecule has 1 heterocycles. The van der Waals surface area contributed by atoms with Gasteiger partial charge in [-0.2, -0.15) is 16.7 Å². The molecule has 20 heavy (non-hydrogen) atoms. The highest BCUT2D eigenvalue weighted by Gasteiger charge is 2.27. The number of anilines is 2. The zero-order chi connectivity index (χ0) is 14.5. The summed E-state index contributed by atoms with van der Waals surface area (Å²) in [7, 11) is 1.69. The first kappa shape index (κ1) is 14.8. The van der Waals surface area contributed by atoms with Crippen LogP contribution in [-0.2, 0) is 0 Å². The molecule has 0 spiro atoms. The third kappa shape index (κ3) is 3.50. The summed E-state index contributed by atoms with van der Waals surface area (Å²) in [6, 6.07) is 0.248. The lowest BCUT2D eigenvalue weighted by Crippen LogP contribution is -2.18. The number of rotatable bonds is 6. The number of hydrogen-bond donors (Lipinski definition) is 2. The van der Waals surface area contributed by atoms with Crippen LogP contribution in [0, 0.1) is 10.1 Å². The Balaban J connectivity index is 2.10. The molecule has 1 saturated carbocycles. The van der Waals surface area contributed by atoms with Gasteiger partial charge in [0.25, 0.3) is 0 Å². The minimum Gasteiger partial charge on any atom is -0.361 e. The SMILES string of the molecule is CCSC1CCC(Nc2nc(NC)ncc2[N+](=O)[O-])C1. The van der Waals surface area contributed by atoms with E-state index < -0.39 is 4.92 Å². The van der Waals surface area contributed by atoms with Crippen molar-refractivity contribution < 1.29 is 4.92 Å². The predicted octanol–water partition coefficient (Wildman–Crippen LogP) is 2.51. The molecule has 7 nitrogen and oxygen atoms in total. The molecule has 0 aromatic carbocycles. The molecule has 2 rings (SSSR count). The summed E-state index contributed by atoms with van der Waals surface area (Å²) in [6.45, 7) is 2.15. The zero-order valence-corrected chi connectivity index (χ0v) is 12.4. The number of thioether (sulfide) groups is 1. The lowest BCUT2D eigenvalue weighted by Gasteiger charge is -2.14. The van der Waals surface area contributed by atoms with E-state index in [0.29, 0.717) is 17.0 Å². The quantitative estimate of drug-likeness (QED) is 0.615. The predicted molar refractivity (Wildman–Crippen MR) is 81.4 cm³/mol. The van der Waals surface area contributed by atoms with Gasteiger partial charge in [0.2, 0.25) is 11.8 Å². The minimum atomic E-state index is -0.449. The average Bonchev–Trinajstić information content (AvgIpc) is 2.86. The van der Waals surface area contributed by atoms with Crippen molar-refractivity contribution in [2.75, 3.05) is 23.4 Å². The maximum atomic E-state index is 11.0. The summed E-state index contributed by atoms with van der Waals surface area (Å²) >= 11 is 1.95. The molecule has 1 aliphatic rings. The maximum absolute atomic E-state index is 11.0. The van der Waals surface area contributed by atoms with E-state index in [9.17, 15) is 10.1 Å². The van der Waals surface area contributed by atoms with Gasteiger partial charge in [-0.1, -0.05) is 6.92 Å².